The molecule has 2 rings (SSSR count). The minimum Gasteiger partial charge on any atom is -0.482 e. The van der Waals surface area contributed by atoms with Crippen LogP contribution in [0.15, 0.2) is 54.6 Å². The summed E-state index contributed by atoms with van der Waals surface area (Å²) in [7, 11) is 0. The molecule has 35 heavy (non-hydrogen) atoms. The maximum atomic E-state index is 12.9. The number of carbonyl (C=O) groups excluding carboxylic acids is 3. The standard InChI is InChI=1S/C27H35NO7/c1-26(2,3)34-23(29)18-32-21-14-10-13-20(15-21)16-22(28-25(31)35-27(4,5)6)24(30)33-17-19-11-8-7-9-12-19/h7-15,22H,16-18H2,1-6H3,(H,28,31)/t22-/m0/s1. The number of hydrogen-bond donors (Lipinski definition) is 1. The lowest BCUT2D eigenvalue weighted by molar-refractivity contribution is -0.157. The number of nitrogens with one attached hydrogen (secondary N) is 1. The van der Waals surface area contributed by atoms with Crippen LogP contribution in [0, 0.1) is 0 Å². The molecule has 0 aliphatic heterocycles. The lowest BCUT2D eigenvalue weighted by Crippen LogP contribution is -2.45. The average Bonchev–Trinajstić information content (AvgIpc) is 2.74. The van der Waals surface area contributed by atoms with E-state index in [1.165, 1.54) is 0 Å². The van der Waals surface area contributed by atoms with Crippen molar-refractivity contribution in [2.75, 3.05) is 6.61 Å². The van der Waals surface area contributed by atoms with Gasteiger partial charge in [0, 0.05) is 6.42 Å². The molecule has 8 nitrogen and oxygen atoms in total. The molecule has 0 radical (unpaired) electrons. The molecular weight excluding hydrogens is 450 g/mol. The van der Waals surface area contributed by atoms with Gasteiger partial charge < -0.3 is 24.3 Å². The Morgan fingerprint density at radius 1 is 0.829 bits per heavy atom. The largest absolute Gasteiger partial charge is 0.482 e. The first-order chi connectivity index (χ1) is 16.3. The minimum absolute atomic E-state index is 0.0746. The summed E-state index contributed by atoms with van der Waals surface area (Å²) in [5.41, 5.74) is 0.194. The second-order valence-corrected chi connectivity index (χ2v) is 10.0. The van der Waals surface area contributed by atoms with E-state index in [2.05, 4.69) is 5.32 Å². The Balaban J connectivity index is 2.08. The first-order valence-corrected chi connectivity index (χ1v) is 11.4. The van der Waals surface area contributed by atoms with Crippen molar-refractivity contribution in [3.05, 3.63) is 65.7 Å². The summed E-state index contributed by atoms with van der Waals surface area (Å²) in [6.07, 6.45) is -0.590. The van der Waals surface area contributed by atoms with Crippen molar-refractivity contribution < 1.29 is 33.3 Å². The maximum Gasteiger partial charge on any atom is 0.408 e. The van der Waals surface area contributed by atoms with E-state index < -0.39 is 35.3 Å². The van der Waals surface area contributed by atoms with Gasteiger partial charge >= 0.3 is 18.0 Å². The number of alkyl carbamates (subject to hydrolysis) is 1. The van der Waals surface area contributed by atoms with E-state index in [1.807, 2.05) is 30.3 Å². The summed E-state index contributed by atoms with van der Waals surface area (Å²) in [6, 6.07) is 15.2. The monoisotopic (exact) mass is 485 g/mol. The predicted molar refractivity (Wildman–Crippen MR) is 131 cm³/mol. The van der Waals surface area contributed by atoms with Crippen molar-refractivity contribution in [1.29, 1.82) is 0 Å². The van der Waals surface area contributed by atoms with E-state index in [1.54, 1.807) is 65.8 Å². The number of carbonyl (C=O) groups is 3. The fourth-order valence-corrected chi connectivity index (χ4v) is 2.98. The van der Waals surface area contributed by atoms with E-state index in [0.29, 0.717) is 11.3 Å². The second kappa shape index (κ2) is 12.2. The van der Waals surface area contributed by atoms with Gasteiger partial charge in [-0.15, -0.1) is 0 Å². The van der Waals surface area contributed by atoms with Crippen LogP contribution in [-0.4, -0.2) is 41.9 Å². The van der Waals surface area contributed by atoms with Gasteiger partial charge in [-0.3, -0.25) is 0 Å². The highest BCUT2D eigenvalue weighted by atomic mass is 16.6. The van der Waals surface area contributed by atoms with E-state index in [4.69, 9.17) is 18.9 Å². The quantitative estimate of drug-likeness (QED) is 0.410. The highest BCUT2D eigenvalue weighted by Crippen LogP contribution is 2.17. The molecule has 8 heteroatoms. The van der Waals surface area contributed by atoms with E-state index in [-0.39, 0.29) is 19.6 Å². The molecule has 0 aliphatic rings. The predicted octanol–water partition coefficient (Wildman–Crippen LogP) is 4.59. The molecule has 1 amide bonds. The topological polar surface area (TPSA) is 100 Å². The summed E-state index contributed by atoms with van der Waals surface area (Å²) in [4.78, 5) is 37.2. The molecule has 0 fully saturated rings. The third-order valence-corrected chi connectivity index (χ3v) is 4.31. The Morgan fingerprint density at radius 2 is 1.46 bits per heavy atom. The zero-order valence-corrected chi connectivity index (χ0v) is 21.3. The molecular formula is C27H35NO7. The molecule has 0 aromatic heterocycles. The van der Waals surface area contributed by atoms with Gasteiger partial charge in [0.2, 0.25) is 0 Å². The number of hydrogen-bond acceptors (Lipinski definition) is 7. The van der Waals surface area contributed by atoms with Crippen LogP contribution >= 0.6 is 0 Å². The van der Waals surface area contributed by atoms with Gasteiger partial charge in [-0.1, -0.05) is 42.5 Å². The lowest BCUT2D eigenvalue weighted by atomic mass is 10.1. The molecule has 2 aromatic carbocycles. The Kier molecular flexibility index (Phi) is 9.68. The normalized spacial score (nSPS) is 12.3. The first kappa shape index (κ1) is 27.7. The van der Waals surface area contributed by atoms with Crippen molar-refractivity contribution in [3.63, 3.8) is 0 Å². The molecule has 0 saturated heterocycles. The number of amides is 1. The van der Waals surface area contributed by atoms with Crippen LogP contribution in [0.1, 0.15) is 52.7 Å². The number of rotatable bonds is 9. The third kappa shape index (κ3) is 11.4. The van der Waals surface area contributed by atoms with Gasteiger partial charge in [-0.2, -0.15) is 0 Å². The maximum absolute atomic E-state index is 12.9. The highest BCUT2D eigenvalue weighted by molar-refractivity contribution is 5.81. The second-order valence-electron chi connectivity index (χ2n) is 10.0. The molecule has 1 atom stereocenters. The SMILES string of the molecule is CC(C)(C)OC(=O)COc1cccc(C[C@H](NC(=O)OC(C)(C)C)C(=O)OCc2ccccc2)c1. The van der Waals surface area contributed by atoms with Crippen LogP contribution in [-0.2, 0) is 36.8 Å². The average molecular weight is 486 g/mol. The Hall–Kier alpha value is -3.55. The van der Waals surface area contributed by atoms with Crippen LogP contribution in [0.3, 0.4) is 0 Å². The molecule has 0 bridgehead atoms. The van der Waals surface area contributed by atoms with E-state index in [9.17, 15) is 14.4 Å². The van der Waals surface area contributed by atoms with Crippen molar-refractivity contribution in [2.45, 2.75) is 71.8 Å². The fraction of sp³-hybridized carbons (Fsp3) is 0.444. The van der Waals surface area contributed by atoms with Gasteiger partial charge in [-0.25, -0.2) is 14.4 Å². The van der Waals surface area contributed by atoms with Crippen LogP contribution < -0.4 is 10.1 Å². The summed E-state index contributed by atoms with van der Waals surface area (Å²) < 4.78 is 21.6. The van der Waals surface area contributed by atoms with Gasteiger partial charge in [0.1, 0.15) is 29.6 Å². The van der Waals surface area contributed by atoms with Crippen molar-refractivity contribution in [1.82, 2.24) is 5.32 Å². The number of ether oxygens (including phenoxy) is 4. The summed E-state index contributed by atoms with van der Waals surface area (Å²) >= 11 is 0. The van der Waals surface area contributed by atoms with Crippen LogP contribution in [0.2, 0.25) is 0 Å². The summed E-state index contributed by atoms with van der Waals surface area (Å²) in [5, 5.41) is 2.60. The molecule has 0 heterocycles. The van der Waals surface area contributed by atoms with Gasteiger partial charge in [0.25, 0.3) is 0 Å². The van der Waals surface area contributed by atoms with Crippen molar-refractivity contribution in [3.8, 4) is 5.75 Å². The summed E-state index contributed by atoms with van der Waals surface area (Å²) in [6.45, 7) is 10.4. The molecule has 0 spiro atoms. The summed E-state index contributed by atoms with van der Waals surface area (Å²) in [5.74, 6) is -0.654. The van der Waals surface area contributed by atoms with Crippen LogP contribution in [0.25, 0.3) is 0 Å². The molecule has 0 saturated carbocycles. The van der Waals surface area contributed by atoms with E-state index in [0.717, 1.165) is 5.56 Å². The van der Waals surface area contributed by atoms with Gasteiger partial charge in [0.15, 0.2) is 6.61 Å². The number of esters is 2. The smallest absolute Gasteiger partial charge is 0.408 e. The van der Waals surface area contributed by atoms with Crippen molar-refractivity contribution in [2.24, 2.45) is 0 Å². The zero-order chi connectivity index (χ0) is 26.1. The Bertz CT molecular complexity index is 991. The van der Waals surface area contributed by atoms with E-state index >= 15 is 0 Å². The first-order valence-electron chi connectivity index (χ1n) is 11.4. The lowest BCUT2D eigenvalue weighted by Gasteiger charge is -2.23. The highest BCUT2D eigenvalue weighted by Gasteiger charge is 2.26. The third-order valence-electron chi connectivity index (χ3n) is 4.31. The van der Waals surface area contributed by atoms with Gasteiger partial charge in [-0.05, 0) is 64.8 Å². The van der Waals surface area contributed by atoms with Crippen LogP contribution in [0.4, 0.5) is 4.79 Å². The molecule has 190 valence electrons. The molecule has 1 N–H and O–H groups in total. The number of benzene rings is 2. The molecule has 0 unspecified atom stereocenters. The molecule has 2 aromatic rings. The Labute approximate surface area is 206 Å². The fourth-order valence-electron chi connectivity index (χ4n) is 2.98. The van der Waals surface area contributed by atoms with Gasteiger partial charge in [0.05, 0.1) is 0 Å². The Morgan fingerprint density at radius 3 is 2.09 bits per heavy atom. The minimum atomic E-state index is -0.991. The molecule has 0 aliphatic carbocycles. The van der Waals surface area contributed by atoms with Crippen LogP contribution in [0.5, 0.6) is 5.75 Å². The zero-order valence-electron chi connectivity index (χ0n) is 21.3. The van der Waals surface area contributed by atoms with Crippen molar-refractivity contribution >= 4 is 18.0 Å².